The number of ether oxygens (including phenoxy) is 1. The van der Waals surface area contributed by atoms with Gasteiger partial charge in [0, 0.05) is 44.0 Å². The largest absolute Gasteiger partial charge is 0.383 e. The fourth-order valence-electron chi connectivity index (χ4n) is 2.03. The van der Waals surface area contributed by atoms with Crippen molar-refractivity contribution in [2.24, 2.45) is 5.41 Å². The van der Waals surface area contributed by atoms with Gasteiger partial charge >= 0.3 is 0 Å². The summed E-state index contributed by atoms with van der Waals surface area (Å²) >= 11 is 0. The highest BCUT2D eigenvalue weighted by molar-refractivity contribution is 4.96. The molecule has 0 spiro atoms. The summed E-state index contributed by atoms with van der Waals surface area (Å²) < 4.78 is 7.29. The van der Waals surface area contributed by atoms with E-state index in [-0.39, 0.29) is 0 Å². The molecule has 4 nitrogen and oxygen atoms in total. The maximum atomic E-state index is 5.12. The molecule has 1 saturated carbocycles. The molecule has 1 atom stereocenters. The Balaban J connectivity index is 1.76. The molecule has 1 fully saturated rings. The maximum absolute atomic E-state index is 5.12. The van der Waals surface area contributed by atoms with Crippen LogP contribution >= 0.6 is 0 Å². The van der Waals surface area contributed by atoms with Gasteiger partial charge in [-0.15, -0.1) is 0 Å². The molecule has 0 aliphatic heterocycles. The summed E-state index contributed by atoms with van der Waals surface area (Å²) in [6.07, 6.45) is 8.42. The van der Waals surface area contributed by atoms with Crippen LogP contribution in [0.4, 0.5) is 0 Å². The van der Waals surface area contributed by atoms with Gasteiger partial charge in [0.05, 0.1) is 12.9 Å². The summed E-state index contributed by atoms with van der Waals surface area (Å²) in [5, 5.41) is 3.54. The Bertz CT molecular complexity index is 306. The quantitative estimate of drug-likeness (QED) is 0.757. The lowest BCUT2D eigenvalue weighted by atomic mass is 10.1. The number of methoxy groups -OCH3 is 1. The molecule has 1 aliphatic carbocycles. The first-order chi connectivity index (χ1) is 7.74. The van der Waals surface area contributed by atoms with Crippen LogP contribution in [-0.4, -0.2) is 35.9 Å². The third-order valence-corrected chi connectivity index (χ3v) is 3.28. The van der Waals surface area contributed by atoms with Crippen LogP contribution in [0.3, 0.4) is 0 Å². The molecule has 1 aliphatic rings. The van der Waals surface area contributed by atoms with E-state index < -0.39 is 0 Å². The van der Waals surface area contributed by atoms with Crippen molar-refractivity contribution < 1.29 is 4.74 Å². The van der Waals surface area contributed by atoms with Crippen LogP contribution in [0.5, 0.6) is 0 Å². The number of imidazole rings is 1. The van der Waals surface area contributed by atoms with Gasteiger partial charge in [-0.05, 0) is 19.8 Å². The van der Waals surface area contributed by atoms with Crippen molar-refractivity contribution in [3.05, 3.63) is 18.7 Å². The SMILES string of the molecule is COC[C@@H](C)NCC1(Cn2ccnc2)CC1. The average molecular weight is 223 g/mol. The number of hydrogen-bond acceptors (Lipinski definition) is 3. The van der Waals surface area contributed by atoms with Crippen LogP contribution < -0.4 is 5.32 Å². The van der Waals surface area contributed by atoms with Gasteiger partial charge in [0.25, 0.3) is 0 Å². The fraction of sp³-hybridized carbons (Fsp3) is 0.750. The van der Waals surface area contributed by atoms with Crippen molar-refractivity contribution in [3.63, 3.8) is 0 Å². The number of rotatable bonds is 7. The van der Waals surface area contributed by atoms with Crippen molar-refractivity contribution in [1.82, 2.24) is 14.9 Å². The molecule has 1 heterocycles. The Hall–Kier alpha value is -0.870. The molecule has 0 aromatic carbocycles. The van der Waals surface area contributed by atoms with Crippen LogP contribution in [0.15, 0.2) is 18.7 Å². The molecule has 0 saturated heterocycles. The minimum Gasteiger partial charge on any atom is -0.383 e. The van der Waals surface area contributed by atoms with Crippen molar-refractivity contribution in [2.45, 2.75) is 32.4 Å². The molecule has 0 amide bonds. The first-order valence-electron chi connectivity index (χ1n) is 5.92. The lowest BCUT2D eigenvalue weighted by Gasteiger charge is -2.20. The van der Waals surface area contributed by atoms with Gasteiger partial charge in [0.1, 0.15) is 0 Å². The van der Waals surface area contributed by atoms with Gasteiger partial charge in [0.15, 0.2) is 0 Å². The van der Waals surface area contributed by atoms with E-state index in [1.54, 1.807) is 7.11 Å². The number of nitrogens with zero attached hydrogens (tertiary/aromatic N) is 2. The zero-order valence-corrected chi connectivity index (χ0v) is 10.1. The number of aromatic nitrogens is 2. The second-order valence-electron chi connectivity index (χ2n) is 4.97. The molecule has 2 rings (SSSR count). The molecule has 4 heteroatoms. The minimum absolute atomic E-state index is 0.435. The molecule has 1 N–H and O–H groups in total. The van der Waals surface area contributed by atoms with Crippen LogP contribution in [0.25, 0.3) is 0 Å². The Morgan fingerprint density at radius 3 is 2.94 bits per heavy atom. The molecule has 90 valence electrons. The summed E-state index contributed by atoms with van der Waals surface area (Å²) in [7, 11) is 1.75. The predicted octanol–water partition coefficient (Wildman–Crippen LogP) is 1.29. The summed E-state index contributed by atoms with van der Waals surface area (Å²) in [4.78, 5) is 4.08. The third kappa shape index (κ3) is 3.06. The Labute approximate surface area is 97.0 Å². The standard InChI is InChI=1S/C12H21N3O/c1-11(7-16-2)14-8-12(3-4-12)9-15-6-5-13-10-15/h5-6,10-11,14H,3-4,7-9H2,1-2H3/t11-/m1/s1. The van der Waals surface area contributed by atoms with Crippen LogP contribution in [-0.2, 0) is 11.3 Å². The van der Waals surface area contributed by atoms with E-state index in [2.05, 4.69) is 21.8 Å². The van der Waals surface area contributed by atoms with Crippen LogP contribution in [0.2, 0.25) is 0 Å². The van der Waals surface area contributed by atoms with Gasteiger partial charge in [0.2, 0.25) is 0 Å². The number of nitrogens with one attached hydrogen (secondary N) is 1. The third-order valence-electron chi connectivity index (χ3n) is 3.28. The zero-order valence-electron chi connectivity index (χ0n) is 10.1. The van der Waals surface area contributed by atoms with Gasteiger partial charge in [-0.25, -0.2) is 4.98 Å². The lowest BCUT2D eigenvalue weighted by molar-refractivity contribution is 0.168. The van der Waals surface area contributed by atoms with Crippen molar-refractivity contribution >= 4 is 0 Å². The van der Waals surface area contributed by atoms with E-state index in [0.29, 0.717) is 11.5 Å². The van der Waals surface area contributed by atoms with Crippen LogP contribution in [0, 0.1) is 5.41 Å². The second kappa shape index (κ2) is 4.97. The molecule has 1 aromatic heterocycles. The van der Waals surface area contributed by atoms with E-state index in [4.69, 9.17) is 4.74 Å². The smallest absolute Gasteiger partial charge is 0.0946 e. The molecule has 16 heavy (non-hydrogen) atoms. The number of hydrogen-bond donors (Lipinski definition) is 1. The highest BCUT2D eigenvalue weighted by atomic mass is 16.5. The van der Waals surface area contributed by atoms with Gasteiger partial charge < -0.3 is 14.6 Å². The topological polar surface area (TPSA) is 39.1 Å². The molecule has 0 bridgehead atoms. The van der Waals surface area contributed by atoms with E-state index >= 15 is 0 Å². The monoisotopic (exact) mass is 223 g/mol. The van der Waals surface area contributed by atoms with Crippen LogP contribution in [0.1, 0.15) is 19.8 Å². The molecular formula is C12H21N3O. The van der Waals surface area contributed by atoms with Crippen molar-refractivity contribution in [1.29, 1.82) is 0 Å². The van der Waals surface area contributed by atoms with Gasteiger partial charge in [-0.2, -0.15) is 0 Å². The average Bonchev–Trinajstić information content (AvgIpc) is 2.82. The maximum Gasteiger partial charge on any atom is 0.0946 e. The summed E-state index contributed by atoms with van der Waals surface area (Å²) in [5.74, 6) is 0. The van der Waals surface area contributed by atoms with Crippen molar-refractivity contribution in [3.8, 4) is 0 Å². The molecule has 0 unspecified atom stereocenters. The second-order valence-corrected chi connectivity index (χ2v) is 4.97. The first kappa shape index (κ1) is 11.6. The van der Waals surface area contributed by atoms with Gasteiger partial charge in [-0.1, -0.05) is 0 Å². The Kier molecular flexibility index (Phi) is 3.61. The fourth-order valence-corrected chi connectivity index (χ4v) is 2.03. The summed E-state index contributed by atoms with van der Waals surface area (Å²) in [6.45, 7) is 5.10. The molecule has 1 aromatic rings. The summed E-state index contributed by atoms with van der Waals surface area (Å²) in [6, 6.07) is 0.435. The van der Waals surface area contributed by atoms with E-state index in [1.807, 2.05) is 18.7 Å². The first-order valence-corrected chi connectivity index (χ1v) is 5.92. The molecular weight excluding hydrogens is 202 g/mol. The van der Waals surface area contributed by atoms with E-state index in [1.165, 1.54) is 12.8 Å². The van der Waals surface area contributed by atoms with Crippen molar-refractivity contribution in [2.75, 3.05) is 20.3 Å². The lowest BCUT2D eigenvalue weighted by Crippen LogP contribution is -2.36. The van der Waals surface area contributed by atoms with E-state index in [9.17, 15) is 0 Å². The Morgan fingerprint density at radius 2 is 2.38 bits per heavy atom. The minimum atomic E-state index is 0.435. The highest BCUT2D eigenvalue weighted by Crippen LogP contribution is 2.46. The molecule has 0 radical (unpaired) electrons. The summed E-state index contributed by atoms with van der Waals surface area (Å²) in [5.41, 5.74) is 0.461. The normalized spacial score (nSPS) is 19.6. The highest BCUT2D eigenvalue weighted by Gasteiger charge is 2.42. The zero-order chi connectivity index (χ0) is 11.4. The Morgan fingerprint density at radius 1 is 1.56 bits per heavy atom. The predicted molar refractivity (Wildman–Crippen MR) is 63.2 cm³/mol. The van der Waals surface area contributed by atoms with Gasteiger partial charge in [-0.3, -0.25) is 0 Å². The van der Waals surface area contributed by atoms with E-state index in [0.717, 1.165) is 19.7 Å².